The second-order valence-electron chi connectivity index (χ2n) is 10.6. The number of para-hydroxylation sites is 1. The molecule has 0 saturated carbocycles. The lowest BCUT2D eigenvalue weighted by Crippen LogP contribution is -2.51. The first kappa shape index (κ1) is 25.7. The van der Waals surface area contributed by atoms with Crippen LogP contribution >= 0.6 is 0 Å². The van der Waals surface area contributed by atoms with Crippen molar-refractivity contribution in [1.29, 1.82) is 5.26 Å². The lowest BCUT2D eigenvalue weighted by Gasteiger charge is -2.45. The van der Waals surface area contributed by atoms with Crippen molar-refractivity contribution in [1.82, 2.24) is 4.57 Å². The van der Waals surface area contributed by atoms with Crippen molar-refractivity contribution in [3.63, 3.8) is 0 Å². The molecular formula is C34H24F2N4O2. The number of carbonyl (C=O) groups is 2. The van der Waals surface area contributed by atoms with Gasteiger partial charge in [-0.25, -0.2) is 8.78 Å². The SMILES string of the molecule is N#CC1=C(n2cccc2)N(c2ccc(F)cc2)C2=C(C(=O)CCC2)[C@]12C(=O)N(Cc1ccccc1F)c1ccccc12. The zero-order valence-corrected chi connectivity index (χ0v) is 22.4. The van der Waals surface area contributed by atoms with E-state index in [1.807, 2.05) is 17.0 Å². The quantitative estimate of drug-likeness (QED) is 0.288. The average molecular weight is 559 g/mol. The fraction of sp³-hybridized carbons (Fsp3) is 0.147. The molecule has 3 heterocycles. The van der Waals surface area contributed by atoms with Crippen molar-refractivity contribution in [2.45, 2.75) is 31.2 Å². The van der Waals surface area contributed by atoms with Crippen molar-refractivity contribution >= 4 is 28.9 Å². The molecule has 0 N–H and O–H groups in total. The topological polar surface area (TPSA) is 69.3 Å². The first-order chi connectivity index (χ1) is 20.5. The highest BCUT2D eigenvalue weighted by Crippen LogP contribution is 2.58. The largest absolute Gasteiger partial charge is 0.309 e. The van der Waals surface area contributed by atoms with E-state index >= 15 is 0 Å². The van der Waals surface area contributed by atoms with E-state index in [1.165, 1.54) is 23.1 Å². The highest BCUT2D eigenvalue weighted by molar-refractivity contribution is 6.22. The molecule has 1 aliphatic carbocycles. The molecule has 206 valence electrons. The maximum atomic E-state index is 15.0. The summed E-state index contributed by atoms with van der Waals surface area (Å²) >= 11 is 0. The van der Waals surface area contributed by atoms with E-state index < -0.39 is 23.0 Å². The standard InChI is InChI=1S/C34H24F2N4O2/c35-23-14-16-24(17-15-23)40-29-12-7-13-30(41)31(29)34(26(20-37)32(40)38-18-5-6-19-38)25-9-2-4-11-28(25)39(33(34)42)21-22-8-1-3-10-27(22)36/h1-6,8-11,14-19H,7,12-13,21H2/t34-/m1/s1. The first-order valence-electron chi connectivity index (χ1n) is 13.7. The lowest BCUT2D eigenvalue weighted by atomic mass is 9.63. The Balaban J connectivity index is 1.57. The fourth-order valence-electron chi connectivity index (χ4n) is 6.62. The molecule has 1 spiro atoms. The molecule has 1 amide bonds. The summed E-state index contributed by atoms with van der Waals surface area (Å²) in [4.78, 5) is 32.3. The van der Waals surface area contributed by atoms with E-state index in [9.17, 15) is 23.6 Å². The Labute approximate surface area is 241 Å². The molecule has 7 rings (SSSR count). The summed E-state index contributed by atoms with van der Waals surface area (Å²) in [6, 6.07) is 25.2. The number of halogens is 2. The lowest BCUT2D eigenvalue weighted by molar-refractivity contribution is -0.124. The Morgan fingerprint density at radius 1 is 0.857 bits per heavy atom. The van der Waals surface area contributed by atoms with Crippen LogP contribution in [-0.4, -0.2) is 16.3 Å². The number of aromatic nitrogens is 1. The maximum absolute atomic E-state index is 15.0. The molecule has 0 radical (unpaired) electrons. The molecule has 6 nitrogen and oxygen atoms in total. The van der Waals surface area contributed by atoms with Gasteiger partial charge < -0.3 is 9.47 Å². The summed E-state index contributed by atoms with van der Waals surface area (Å²) in [5.74, 6) is -1.18. The third kappa shape index (κ3) is 3.53. The van der Waals surface area contributed by atoms with E-state index in [-0.39, 0.29) is 29.9 Å². The minimum absolute atomic E-state index is 0.0691. The predicted octanol–water partition coefficient (Wildman–Crippen LogP) is 6.47. The molecule has 0 saturated heterocycles. The number of amides is 1. The Morgan fingerprint density at radius 2 is 1.57 bits per heavy atom. The van der Waals surface area contributed by atoms with Gasteiger partial charge in [0.25, 0.3) is 0 Å². The third-order valence-corrected chi connectivity index (χ3v) is 8.34. The highest BCUT2D eigenvalue weighted by atomic mass is 19.1. The number of nitrogens with zero attached hydrogens (tertiary/aromatic N) is 4. The van der Waals surface area contributed by atoms with Crippen LogP contribution in [0.15, 0.2) is 114 Å². The van der Waals surface area contributed by atoms with Gasteiger partial charge in [0.1, 0.15) is 28.9 Å². The number of anilines is 2. The Kier molecular flexibility index (Phi) is 5.91. The van der Waals surface area contributed by atoms with Gasteiger partial charge in [0.05, 0.1) is 12.1 Å². The number of allylic oxidation sites excluding steroid dienone is 1. The summed E-state index contributed by atoms with van der Waals surface area (Å²) < 4.78 is 30.7. The van der Waals surface area contributed by atoms with Crippen LogP contribution in [0.2, 0.25) is 0 Å². The molecule has 2 aliphatic heterocycles. The van der Waals surface area contributed by atoms with Crippen LogP contribution in [0.25, 0.3) is 5.82 Å². The van der Waals surface area contributed by atoms with Gasteiger partial charge in [-0.3, -0.25) is 14.5 Å². The van der Waals surface area contributed by atoms with E-state index in [2.05, 4.69) is 6.07 Å². The highest BCUT2D eigenvalue weighted by Gasteiger charge is 2.62. The summed E-state index contributed by atoms with van der Waals surface area (Å²) in [5, 5.41) is 11.0. The van der Waals surface area contributed by atoms with Gasteiger partial charge in [0, 0.05) is 52.6 Å². The zero-order valence-electron chi connectivity index (χ0n) is 22.4. The van der Waals surface area contributed by atoms with E-state index in [0.717, 1.165) is 0 Å². The average Bonchev–Trinajstić information content (AvgIpc) is 3.62. The van der Waals surface area contributed by atoms with E-state index in [0.29, 0.717) is 46.9 Å². The normalized spacial score (nSPS) is 19.8. The van der Waals surface area contributed by atoms with E-state index in [4.69, 9.17) is 0 Å². The molecule has 1 aromatic heterocycles. The zero-order chi connectivity index (χ0) is 29.0. The number of fused-ring (bicyclic) bond motifs is 3. The van der Waals surface area contributed by atoms with Crippen molar-refractivity contribution in [3.05, 3.63) is 137 Å². The monoisotopic (exact) mass is 558 g/mol. The smallest absolute Gasteiger partial charge is 0.248 e. The van der Waals surface area contributed by atoms with Crippen LogP contribution in [0.5, 0.6) is 0 Å². The molecule has 3 aliphatic rings. The van der Waals surface area contributed by atoms with Gasteiger partial charge in [-0.15, -0.1) is 0 Å². The Morgan fingerprint density at radius 3 is 2.31 bits per heavy atom. The van der Waals surface area contributed by atoms with Crippen molar-refractivity contribution in [2.24, 2.45) is 0 Å². The number of nitriles is 1. The van der Waals surface area contributed by atoms with Gasteiger partial charge >= 0.3 is 0 Å². The van der Waals surface area contributed by atoms with Crippen LogP contribution in [0, 0.1) is 23.0 Å². The van der Waals surface area contributed by atoms with Crippen LogP contribution in [0.3, 0.4) is 0 Å². The Bertz CT molecular complexity index is 1870. The predicted molar refractivity (Wildman–Crippen MR) is 154 cm³/mol. The van der Waals surface area contributed by atoms with Crippen LogP contribution < -0.4 is 9.80 Å². The molecule has 4 aromatic rings. The number of ketones is 1. The van der Waals surface area contributed by atoms with Gasteiger partial charge in [-0.2, -0.15) is 5.26 Å². The second-order valence-corrected chi connectivity index (χ2v) is 10.6. The minimum atomic E-state index is -1.74. The molecule has 0 bridgehead atoms. The van der Waals surface area contributed by atoms with Crippen LogP contribution in [0.4, 0.5) is 20.2 Å². The molecule has 1 atom stereocenters. The van der Waals surface area contributed by atoms with Gasteiger partial charge in [0.15, 0.2) is 5.78 Å². The number of hydrogen-bond donors (Lipinski definition) is 0. The van der Waals surface area contributed by atoms with Crippen LogP contribution in [-0.2, 0) is 21.5 Å². The van der Waals surface area contributed by atoms with Gasteiger partial charge in [0.2, 0.25) is 5.91 Å². The first-order valence-corrected chi connectivity index (χ1v) is 13.7. The molecule has 0 fully saturated rings. The van der Waals surface area contributed by atoms with Crippen LogP contribution in [0.1, 0.15) is 30.4 Å². The third-order valence-electron chi connectivity index (χ3n) is 8.34. The molecular weight excluding hydrogens is 534 g/mol. The molecule has 0 unspecified atom stereocenters. The molecule has 42 heavy (non-hydrogen) atoms. The summed E-state index contributed by atoms with van der Waals surface area (Å²) in [6.45, 7) is -0.0691. The van der Waals surface area contributed by atoms with Gasteiger partial charge in [-0.05, 0) is 61.4 Å². The summed E-state index contributed by atoms with van der Waals surface area (Å²) in [6.07, 6.45) is 4.79. The van der Waals surface area contributed by atoms with Crippen molar-refractivity contribution < 1.29 is 18.4 Å². The fourth-order valence-corrected chi connectivity index (χ4v) is 6.62. The van der Waals surface area contributed by atoms with Gasteiger partial charge in [-0.1, -0.05) is 36.4 Å². The number of Topliss-reactive ketones (excluding diaryl/α,β-unsaturated/α-hetero) is 1. The van der Waals surface area contributed by atoms with Crippen molar-refractivity contribution in [2.75, 3.05) is 9.80 Å². The molecule has 8 heteroatoms. The maximum Gasteiger partial charge on any atom is 0.248 e. The minimum Gasteiger partial charge on any atom is -0.309 e. The molecule has 3 aromatic carbocycles. The number of hydrogen-bond acceptors (Lipinski definition) is 4. The summed E-state index contributed by atoms with van der Waals surface area (Å²) in [7, 11) is 0. The second kappa shape index (κ2) is 9.67. The number of rotatable bonds is 4. The Hall–Kier alpha value is -5.29. The number of carbonyl (C=O) groups excluding carboxylic acids is 2. The summed E-state index contributed by atoms with van der Waals surface area (Å²) in [5.41, 5.74) is 1.09. The van der Waals surface area contributed by atoms with E-state index in [1.54, 1.807) is 71.6 Å². The van der Waals surface area contributed by atoms with Crippen molar-refractivity contribution in [3.8, 4) is 6.07 Å². The number of benzene rings is 3.